The monoisotopic (exact) mass is 510 g/mol. The summed E-state index contributed by atoms with van der Waals surface area (Å²) < 4.78 is 5.13. The topological polar surface area (TPSA) is 94.7 Å². The van der Waals surface area contributed by atoms with Crippen LogP contribution in [0.4, 0.5) is 0 Å². The molecule has 0 aliphatic heterocycles. The molecular weight excluding hydrogens is 492 g/mol. The Kier molecular flexibility index (Phi) is 6.61. The number of amides is 1. The molecule has 0 atom stereocenters. The van der Waals surface area contributed by atoms with Crippen LogP contribution in [-0.4, -0.2) is 42.5 Å². The zero-order chi connectivity index (χ0) is 23.5. The number of aromatic nitrogens is 5. The molecule has 172 valence electrons. The van der Waals surface area contributed by atoms with Crippen LogP contribution in [0.15, 0.2) is 70.2 Å². The molecule has 0 aliphatic rings. The van der Waals surface area contributed by atoms with Crippen LogP contribution in [0.3, 0.4) is 0 Å². The van der Waals surface area contributed by atoms with Crippen molar-refractivity contribution >= 4 is 61.9 Å². The number of benzene rings is 2. The van der Waals surface area contributed by atoms with Crippen LogP contribution in [0.5, 0.6) is 0 Å². The molecule has 5 rings (SSSR count). The van der Waals surface area contributed by atoms with Crippen molar-refractivity contribution in [1.29, 1.82) is 0 Å². The maximum absolute atomic E-state index is 12.9. The van der Waals surface area contributed by atoms with Gasteiger partial charge >= 0.3 is 0 Å². The van der Waals surface area contributed by atoms with Gasteiger partial charge in [-0.2, -0.15) is 5.10 Å². The molecule has 0 radical (unpaired) electrons. The third-order valence-electron chi connectivity index (χ3n) is 5.11. The van der Waals surface area contributed by atoms with E-state index in [0.717, 1.165) is 20.1 Å². The number of para-hydroxylation sites is 1. The first-order valence-corrected chi connectivity index (χ1v) is 12.7. The Morgan fingerprint density at radius 2 is 2.06 bits per heavy atom. The van der Waals surface area contributed by atoms with E-state index in [9.17, 15) is 9.59 Å². The summed E-state index contributed by atoms with van der Waals surface area (Å²) >= 11 is 9.03. The lowest BCUT2D eigenvalue weighted by Crippen LogP contribution is -2.29. The minimum Gasteiger partial charge on any atom is -0.354 e. The average molecular weight is 511 g/mol. The van der Waals surface area contributed by atoms with Gasteiger partial charge in [0.2, 0.25) is 5.91 Å². The normalized spacial score (nSPS) is 11.3. The summed E-state index contributed by atoms with van der Waals surface area (Å²) in [6.07, 6.45) is 3.03. The molecule has 2 aromatic carbocycles. The number of hydrogen-bond donors (Lipinski definition) is 1. The lowest BCUT2D eigenvalue weighted by Gasteiger charge is -2.07. The highest BCUT2D eigenvalue weighted by molar-refractivity contribution is 8.01. The number of fused-ring (bicyclic) bond motifs is 2. The quantitative estimate of drug-likeness (QED) is 0.319. The molecule has 0 fully saturated rings. The number of halogens is 1. The molecule has 8 nitrogen and oxygen atoms in total. The zero-order valence-corrected chi connectivity index (χ0v) is 20.2. The van der Waals surface area contributed by atoms with Gasteiger partial charge in [0.25, 0.3) is 5.56 Å². The summed E-state index contributed by atoms with van der Waals surface area (Å²) in [5.74, 6) is 0.198. The maximum Gasteiger partial charge on any atom is 0.264 e. The first-order chi connectivity index (χ1) is 16.6. The van der Waals surface area contributed by atoms with Gasteiger partial charge in [-0.25, -0.2) is 14.6 Å². The number of hydrogen-bond acceptors (Lipinski definition) is 7. The van der Waals surface area contributed by atoms with E-state index in [-0.39, 0.29) is 17.2 Å². The number of nitrogens with one attached hydrogen (secondary N) is 1. The van der Waals surface area contributed by atoms with Gasteiger partial charge in [0, 0.05) is 11.6 Å². The van der Waals surface area contributed by atoms with Crippen molar-refractivity contribution in [3.63, 3.8) is 0 Å². The SMILES string of the molecule is O=C(CSc1nc2ccccc2s1)NCCn1ncc2c(=O)n(Cc3cccc(Cl)c3)cnc21. The number of thioether (sulfide) groups is 1. The molecule has 1 amide bonds. The van der Waals surface area contributed by atoms with Crippen molar-refractivity contribution in [3.05, 3.63) is 82.0 Å². The Hall–Kier alpha value is -3.21. The van der Waals surface area contributed by atoms with Gasteiger partial charge in [0.05, 0.1) is 35.3 Å². The van der Waals surface area contributed by atoms with Crippen LogP contribution < -0.4 is 10.9 Å². The van der Waals surface area contributed by atoms with Gasteiger partial charge in [0.1, 0.15) is 11.7 Å². The first-order valence-electron chi connectivity index (χ1n) is 10.5. The van der Waals surface area contributed by atoms with Crippen LogP contribution in [0.1, 0.15) is 5.56 Å². The molecule has 0 unspecified atom stereocenters. The molecule has 0 aliphatic carbocycles. The molecule has 0 spiro atoms. The van der Waals surface area contributed by atoms with Crippen molar-refractivity contribution in [2.45, 2.75) is 17.4 Å². The van der Waals surface area contributed by atoms with Gasteiger partial charge in [0.15, 0.2) is 9.99 Å². The summed E-state index contributed by atoms with van der Waals surface area (Å²) in [5.41, 5.74) is 2.17. The van der Waals surface area contributed by atoms with Crippen LogP contribution >= 0.6 is 34.7 Å². The van der Waals surface area contributed by atoms with Gasteiger partial charge in [-0.05, 0) is 29.8 Å². The van der Waals surface area contributed by atoms with Crippen LogP contribution in [0.25, 0.3) is 21.3 Å². The molecule has 3 heterocycles. The van der Waals surface area contributed by atoms with Crippen molar-refractivity contribution in [2.24, 2.45) is 0 Å². The predicted molar refractivity (Wildman–Crippen MR) is 136 cm³/mol. The van der Waals surface area contributed by atoms with E-state index in [1.54, 1.807) is 22.1 Å². The highest BCUT2D eigenvalue weighted by Gasteiger charge is 2.12. The zero-order valence-electron chi connectivity index (χ0n) is 17.8. The van der Waals surface area contributed by atoms with Crippen molar-refractivity contribution in [1.82, 2.24) is 29.6 Å². The van der Waals surface area contributed by atoms with E-state index in [1.807, 2.05) is 42.5 Å². The van der Waals surface area contributed by atoms with E-state index >= 15 is 0 Å². The van der Waals surface area contributed by atoms with Crippen molar-refractivity contribution in [2.75, 3.05) is 12.3 Å². The van der Waals surface area contributed by atoms with Crippen LogP contribution in [-0.2, 0) is 17.9 Å². The van der Waals surface area contributed by atoms with E-state index < -0.39 is 0 Å². The molecule has 0 saturated carbocycles. The summed E-state index contributed by atoms with van der Waals surface area (Å²) in [5, 5.41) is 8.23. The second-order valence-electron chi connectivity index (χ2n) is 7.50. The second-order valence-corrected chi connectivity index (χ2v) is 10.2. The Balaban J connectivity index is 1.17. The Morgan fingerprint density at radius 3 is 2.91 bits per heavy atom. The maximum atomic E-state index is 12.9. The number of nitrogens with zero attached hydrogens (tertiary/aromatic N) is 5. The third-order valence-corrected chi connectivity index (χ3v) is 7.53. The van der Waals surface area contributed by atoms with Crippen LogP contribution in [0.2, 0.25) is 5.02 Å². The van der Waals surface area contributed by atoms with Gasteiger partial charge in [-0.15, -0.1) is 11.3 Å². The minimum absolute atomic E-state index is 0.0856. The fraction of sp³-hybridized carbons (Fsp3) is 0.174. The number of carbonyl (C=O) groups is 1. The Bertz CT molecular complexity index is 1510. The lowest BCUT2D eigenvalue weighted by atomic mass is 10.2. The summed E-state index contributed by atoms with van der Waals surface area (Å²) in [4.78, 5) is 34.1. The predicted octanol–water partition coefficient (Wildman–Crippen LogP) is 3.81. The lowest BCUT2D eigenvalue weighted by molar-refractivity contribution is -0.118. The third kappa shape index (κ3) is 4.98. The van der Waals surface area contributed by atoms with E-state index in [1.165, 1.54) is 28.9 Å². The molecule has 34 heavy (non-hydrogen) atoms. The summed E-state index contributed by atoms with van der Waals surface area (Å²) in [7, 11) is 0. The highest BCUT2D eigenvalue weighted by atomic mass is 35.5. The molecule has 0 saturated heterocycles. The average Bonchev–Trinajstić information content (AvgIpc) is 3.44. The molecule has 0 bridgehead atoms. The Labute approximate surface area is 207 Å². The molecule has 11 heteroatoms. The largest absolute Gasteiger partial charge is 0.354 e. The summed E-state index contributed by atoms with van der Waals surface area (Å²) in [6, 6.07) is 15.3. The van der Waals surface area contributed by atoms with E-state index in [4.69, 9.17) is 11.6 Å². The molecule has 3 aromatic heterocycles. The van der Waals surface area contributed by atoms with E-state index in [2.05, 4.69) is 20.4 Å². The van der Waals surface area contributed by atoms with Gasteiger partial charge < -0.3 is 5.32 Å². The van der Waals surface area contributed by atoms with Crippen LogP contribution in [0, 0.1) is 0 Å². The van der Waals surface area contributed by atoms with Crippen molar-refractivity contribution in [3.8, 4) is 0 Å². The van der Waals surface area contributed by atoms with Gasteiger partial charge in [-0.1, -0.05) is 47.6 Å². The smallest absolute Gasteiger partial charge is 0.264 e. The molecular formula is C23H19ClN6O2S2. The number of rotatable bonds is 8. The standard InChI is InChI=1S/C23H19ClN6O2S2/c24-16-5-3-4-15(10-16)12-29-14-26-21-17(22(29)32)11-27-30(21)9-8-25-20(31)13-33-23-28-18-6-1-2-7-19(18)34-23/h1-7,10-11,14H,8-9,12-13H2,(H,25,31). The summed E-state index contributed by atoms with van der Waals surface area (Å²) in [6.45, 7) is 1.16. The highest BCUT2D eigenvalue weighted by Crippen LogP contribution is 2.29. The van der Waals surface area contributed by atoms with Gasteiger partial charge in [-0.3, -0.25) is 14.2 Å². The van der Waals surface area contributed by atoms with Crippen molar-refractivity contribution < 1.29 is 4.79 Å². The minimum atomic E-state index is -0.174. The number of thiazole rings is 1. The number of carbonyl (C=O) groups excluding carboxylic acids is 1. The fourth-order valence-electron chi connectivity index (χ4n) is 3.50. The fourth-order valence-corrected chi connectivity index (χ4v) is 5.61. The Morgan fingerprint density at radius 1 is 1.18 bits per heavy atom. The second kappa shape index (κ2) is 9.96. The van der Waals surface area contributed by atoms with E-state index in [0.29, 0.717) is 35.7 Å². The molecule has 5 aromatic rings. The first kappa shape index (κ1) is 22.6. The molecule has 1 N–H and O–H groups in total.